The number of aromatic nitrogens is 3. The number of nitrogens with one attached hydrogen (secondary N) is 1. The number of nitro groups is 1. The quantitative estimate of drug-likeness (QED) is 0.329. The van der Waals surface area contributed by atoms with Gasteiger partial charge in [0.2, 0.25) is 4.77 Å². The predicted molar refractivity (Wildman–Crippen MR) is 93.9 cm³/mol. The fourth-order valence-corrected chi connectivity index (χ4v) is 2.39. The Morgan fingerprint density at radius 3 is 2.71 bits per heavy atom. The summed E-state index contributed by atoms with van der Waals surface area (Å²) >= 11 is 11.2. The summed E-state index contributed by atoms with van der Waals surface area (Å²) in [7, 11) is 0. The summed E-state index contributed by atoms with van der Waals surface area (Å²) < 4.78 is 1.78. The molecule has 0 unspecified atom stereocenters. The van der Waals surface area contributed by atoms with E-state index in [2.05, 4.69) is 15.3 Å². The molecule has 9 heteroatoms. The van der Waals surface area contributed by atoms with Crippen molar-refractivity contribution in [2.45, 2.75) is 0 Å². The van der Waals surface area contributed by atoms with Crippen LogP contribution in [0.25, 0.3) is 11.4 Å². The van der Waals surface area contributed by atoms with Gasteiger partial charge in [0.1, 0.15) is 0 Å². The third-order valence-electron chi connectivity index (χ3n) is 3.16. The molecular formula is C15H10ClN5O2S. The lowest BCUT2D eigenvalue weighted by Gasteiger charge is -2.01. The van der Waals surface area contributed by atoms with Gasteiger partial charge in [-0.25, -0.2) is 5.10 Å². The Balaban J connectivity index is 1.94. The highest BCUT2D eigenvalue weighted by Crippen LogP contribution is 2.21. The molecule has 0 amide bonds. The van der Waals surface area contributed by atoms with Gasteiger partial charge in [0.05, 0.1) is 11.1 Å². The molecule has 3 aromatic rings. The van der Waals surface area contributed by atoms with Crippen molar-refractivity contribution in [1.29, 1.82) is 0 Å². The Labute approximate surface area is 146 Å². The first kappa shape index (κ1) is 16.0. The smallest absolute Gasteiger partial charge is 0.258 e. The molecule has 2 aromatic carbocycles. The summed E-state index contributed by atoms with van der Waals surface area (Å²) in [6, 6.07) is 13.2. The summed E-state index contributed by atoms with van der Waals surface area (Å²) in [6.07, 6.45) is 1.54. The van der Waals surface area contributed by atoms with Crippen LogP contribution in [0, 0.1) is 14.9 Å². The maximum absolute atomic E-state index is 10.7. The molecule has 0 saturated heterocycles. The summed E-state index contributed by atoms with van der Waals surface area (Å²) in [5.41, 5.74) is 1.48. The van der Waals surface area contributed by atoms with Crippen LogP contribution in [0.2, 0.25) is 5.02 Å². The Morgan fingerprint density at radius 2 is 2.04 bits per heavy atom. The van der Waals surface area contributed by atoms with Gasteiger partial charge in [-0.1, -0.05) is 23.7 Å². The molecule has 24 heavy (non-hydrogen) atoms. The number of nitro benzene ring substituents is 1. The van der Waals surface area contributed by atoms with E-state index in [1.54, 1.807) is 36.5 Å². The van der Waals surface area contributed by atoms with Crippen LogP contribution in [0.3, 0.4) is 0 Å². The molecule has 0 bridgehead atoms. The highest BCUT2D eigenvalue weighted by atomic mass is 35.5. The van der Waals surface area contributed by atoms with Gasteiger partial charge in [0.15, 0.2) is 5.82 Å². The Hall–Kier alpha value is -2.84. The molecule has 0 aliphatic rings. The van der Waals surface area contributed by atoms with Gasteiger partial charge in [0, 0.05) is 22.7 Å². The number of hydrogen-bond acceptors (Lipinski definition) is 5. The number of benzene rings is 2. The normalized spacial score (nSPS) is 11.0. The molecule has 0 atom stereocenters. The molecule has 0 fully saturated rings. The van der Waals surface area contributed by atoms with Crippen LogP contribution in [0.1, 0.15) is 5.56 Å². The Bertz CT molecular complexity index is 978. The van der Waals surface area contributed by atoms with Gasteiger partial charge in [-0.2, -0.15) is 14.9 Å². The molecule has 7 nitrogen and oxygen atoms in total. The highest BCUT2D eigenvalue weighted by Gasteiger charge is 2.08. The Kier molecular flexibility index (Phi) is 4.50. The number of H-pyrrole nitrogens is 1. The van der Waals surface area contributed by atoms with Crippen molar-refractivity contribution >= 4 is 35.7 Å². The summed E-state index contributed by atoms with van der Waals surface area (Å²) in [6.45, 7) is 0. The zero-order chi connectivity index (χ0) is 17.1. The fraction of sp³-hybridized carbons (Fsp3) is 0. The van der Waals surface area contributed by atoms with Crippen molar-refractivity contribution < 1.29 is 4.92 Å². The number of nitrogens with zero attached hydrogens (tertiary/aromatic N) is 4. The van der Waals surface area contributed by atoms with Crippen LogP contribution >= 0.6 is 23.8 Å². The monoisotopic (exact) mass is 359 g/mol. The van der Waals surface area contributed by atoms with E-state index < -0.39 is 4.92 Å². The number of hydrogen-bond donors (Lipinski definition) is 1. The number of non-ortho nitro benzene ring substituents is 1. The number of aromatic amines is 1. The van der Waals surface area contributed by atoms with Gasteiger partial charge in [0.25, 0.3) is 5.69 Å². The summed E-state index contributed by atoms with van der Waals surface area (Å²) in [4.78, 5) is 10.2. The van der Waals surface area contributed by atoms with Gasteiger partial charge in [-0.3, -0.25) is 10.1 Å². The van der Waals surface area contributed by atoms with E-state index in [1.165, 1.54) is 16.8 Å². The van der Waals surface area contributed by atoms with Gasteiger partial charge in [-0.15, -0.1) is 0 Å². The molecule has 0 aliphatic heterocycles. The number of halogens is 1. The molecule has 0 aliphatic carbocycles. The third-order valence-corrected chi connectivity index (χ3v) is 3.66. The van der Waals surface area contributed by atoms with Crippen molar-refractivity contribution in [3.05, 3.63) is 74.0 Å². The molecule has 1 heterocycles. The Morgan fingerprint density at radius 1 is 1.29 bits per heavy atom. The lowest BCUT2D eigenvalue weighted by Crippen LogP contribution is -1.95. The standard InChI is InChI=1S/C15H10ClN5O2S/c16-12-3-1-2-11(8-12)14-18-19-15(24)20(14)17-9-10-4-6-13(7-5-10)21(22)23/h1-9H,(H,19,24)/b17-9-. The van der Waals surface area contributed by atoms with Gasteiger partial charge >= 0.3 is 0 Å². The molecule has 3 rings (SSSR count). The molecular weight excluding hydrogens is 350 g/mol. The molecule has 0 spiro atoms. The lowest BCUT2D eigenvalue weighted by molar-refractivity contribution is -0.384. The maximum Gasteiger partial charge on any atom is 0.269 e. The first-order valence-electron chi connectivity index (χ1n) is 6.77. The molecule has 0 radical (unpaired) electrons. The molecule has 0 saturated carbocycles. The minimum Gasteiger partial charge on any atom is -0.258 e. The largest absolute Gasteiger partial charge is 0.269 e. The van der Waals surface area contributed by atoms with E-state index in [0.717, 1.165) is 5.56 Å². The van der Waals surface area contributed by atoms with E-state index in [1.807, 2.05) is 6.07 Å². The maximum atomic E-state index is 10.7. The lowest BCUT2D eigenvalue weighted by atomic mass is 10.2. The molecule has 1 aromatic heterocycles. The van der Waals surface area contributed by atoms with E-state index in [9.17, 15) is 10.1 Å². The average molecular weight is 360 g/mol. The van der Waals surface area contributed by atoms with Crippen molar-refractivity contribution in [2.75, 3.05) is 0 Å². The average Bonchev–Trinajstić information content (AvgIpc) is 2.94. The zero-order valence-corrected chi connectivity index (χ0v) is 13.7. The first-order valence-corrected chi connectivity index (χ1v) is 7.55. The van der Waals surface area contributed by atoms with Crippen LogP contribution in [0.5, 0.6) is 0 Å². The summed E-state index contributed by atoms with van der Waals surface area (Å²) in [5, 5.41) is 22.4. The van der Waals surface area contributed by atoms with Crippen molar-refractivity contribution in [2.24, 2.45) is 5.10 Å². The highest BCUT2D eigenvalue weighted by molar-refractivity contribution is 7.71. The summed E-state index contributed by atoms with van der Waals surface area (Å²) in [5.74, 6) is 0.515. The minimum atomic E-state index is -0.454. The van der Waals surface area contributed by atoms with E-state index in [4.69, 9.17) is 23.8 Å². The van der Waals surface area contributed by atoms with Crippen LogP contribution in [-0.2, 0) is 0 Å². The predicted octanol–water partition coefficient (Wildman–Crippen LogP) is 4.05. The minimum absolute atomic E-state index is 0.0201. The van der Waals surface area contributed by atoms with Crippen molar-refractivity contribution in [3.8, 4) is 11.4 Å². The third kappa shape index (κ3) is 3.39. The second kappa shape index (κ2) is 6.73. The van der Waals surface area contributed by atoms with Gasteiger partial charge in [-0.05, 0) is 42.0 Å². The van der Waals surface area contributed by atoms with E-state index in [-0.39, 0.29) is 5.69 Å². The topological polar surface area (TPSA) is 89.1 Å². The second-order valence-corrected chi connectivity index (χ2v) is 5.59. The molecule has 120 valence electrons. The van der Waals surface area contributed by atoms with E-state index >= 15 is 0 Å². The van der Waals surface area contributed by atoms with Crippen LogP contribution in [0.15, 0.2) is 53.6 Å². The van der Waals surface area contributed by atoms with Crippen molar-refractivity contribution in [3.63, 3.8) is 0 Å². The first-order chi connectivity index (χ1) is 11.5. The fourth-order valence-electron chi connectivity index (χ4n) is 2.02. The van der Waals surface area contributed by atoms with Crippen molar-refractivity contribution in [1.82, 2.24) is 14.9 Å². The second-order valence-electron chi connectivity index (χ2n) is 4.77. The van der Waals surface area contributed by atoms with E-state index in [0.29, 0.717) is 21.2 Å². The van der Waals surface area contributed by atoms with Crippen LogP contribution in [-0.4, -0.2) is 26.0 Å². The SMILES string of the molecule is O=[N+]([O-])c1ccc(/C=N\n2c(-c3cccc(Cl)c3)n[nH]c2=S)cc1. The number of rotatable bonds is 4. The van der Waals surface area contributed by atoms with Crippen LogP contribution in [0.4, 0.5) is 5.69 Å². The zero-order valence-electron chi connectivity index (χ0n) is 12.1. The molecule has 1 N–H and O–H groups in total. The van der Waals surface area contributed by atoms with Gasteiger partial charge < -0.3 is 0 Å². The van der Waals surface area contributed by atoms with Crippen LogP contribution < -0.4 is 0 Å².